The summed E-state index contributed by atoms with van der Waals surface area (Å²) in [6, 6.07) is 5.44. The van der Waals surface area contributed by atoms with Crippen LogP contribution in [0.25, 0.3) is 0 Å². The number of benzene rings is 1. The van der Waals surface area contributed by atoms with E-state index in [0.717, 1.165) is 18.9 Å². The molecule has 1 aliphatic heterocycles. The van der Waals surface area contributed by atoms with E-state index >= 15 is 0 Å². The van der Waals surface area contributed by atoms with Gasteiger partial charge in [0.2, 0.25) is 0 Å². The van der Waals surface area contributed by atoms with Gasteiger partial charge in [0.05, 0.1) is 17.2 Å². The molecule has 1 atom stereocenters. The normalized spacial score (nSPS) is 19.4. The van der Waals surface area contributed by atoms with Crippen LogP contribution >= 0.6 is 0 Å². The van der Waals surface area contributed by atoms with Crippen LogP contribution in [0.1, 0.15) is 30.4 Å². The number of rotatable bonds is 3. The van der Waals surface area contributed by atoms with Crippen molar-refractivity contribution in [2.75, 3.05) is 24.6 Å². The van der Waals surface area contributed by atoms with Gasteiger partial charge in [-0.2, -0.15) is 18.4 Å². The van der Waals surface area contributed by atoms with Gasteiger partial charge in [0.1, 0.15) is 0 Å². The Morgan fingerprint density at radius 2 is 2.14 bits per heavy atom. The lowest BCUT2D eigenvalue weighted by atomic mass is 9.94. The molecule has 114 valence electrons. The van der Waals surface area contributed by atoms with Gasteiger partial charge in [0.15, 0.2) is 0 Å². The van der Waals surface area contributed by atoms with Crippen molar-refractivity contribution in [2.45, 2.75) is 25.4 Å². The third-order valence-corrected chi connectivity index (χ3v) is 3.85. The van der Waals surface area contributed by atoms with Gasteiger partial charge in [-0.05, 0) is 43.4 Å². The molecule has 1 aliphatic rings. The molecular formula is C15H17F3N2O. The van der Waals surface area contributed by atoms with E-state index in [-0.39, 0.29) is 12.2 Å². The van der Waals surface area contributed by atoms with Crippen molar-refractivity contribution < 1.29 is 18.3 Å². The van der Waals surface area contributed by atoms with Crippen molar-refractivity contribution in [3.8, 4) is 6.07 Å². The van der Waals surface area contributed by atoms with Gasteiger partial charge >= 0.3 is 6.18 Å². The molecule has 2 rings (SSSR count). The van der Waals surface area contributed by atoms with E-state index in [1.54, 1.807) is 12.1 Å². The lowest BCUT2D eigenvalue weighted by Gasteiger charge is -2.34. The molecule has 1 fully saturated rings. The van der Waals surface area contributed by atoms with Gasteiger partial charge < -0.3 is 10.0 Å². The highest BCUT2D eigenvalue weighted by molar-refractivity contribution is 5.55. The number of aliphatic hydroxyl groups is 1. The van der Waals surface area contributed by atoms with Crippen LogP contribution in [0.15, 0.2) is 18.2 Å². The van der Waals surface area contributed by atoms with E-state index in [9.17, 15) is 13.2 Å². The number of anilines is 1. The molecule has 21 heavy (non-hydrogen) atoms. The first-order valence-corrected chi connectivity index (χ1v) is 6.93. The maximum Gasteiger partial charge on any atom is 0.417 e. The average molecular weight is 298 g/mol. The van der Waals surface area contributed by atoms with Gasteiger partial charge in [-0.3, -0.25) is 0 Å². The molecule has 6 heteroatoms. The first-order valence-electron chi connectivity index (χ1n) is 6.93. The molecule has 3 nitrogen and oxygen atoms in total. The zero-order valence-corrected chi connectivity index (χ0v) is 11.5. The zero-order valence-electron chi connectivity index (χ0n) is 11.5. The summed E-state index contributed by atoms with van der Waals surface area (Å²) in [5.74, 6) is 0.300. The van der Waals surface area contributed by atoms with Crippen molar-refractivity contribution in [3.05, 3.63) is 29.3 Å². The van der Waals surface area contributed by atoms with Crippen molar-refractivity contribution in [2.24, 2.45) is 5.92 Å². The smallest absolute Gasteiger partial charge is 0.396 e. The van der Waals surface area contributed by atoms with Crippen LogP contribution in [0.4, 0.5) is 18.9 Å². The fourth-order valence-electron chi connectivity index (χ4n) is 2.78. The minimum Gasteiger partial charge on any atom is -0.396 e. The second-order valence-electron chi connectivity index (χ2n) is 5.31. The fourth-order valence-corrected chi connectivity index (χ4v) is 2.78. The van der Waals surface area contributed by atoms with Crippen LogP contribution in [-0.2, 0) is 6.18 Å². The second kappa shape index (κ2) is 6.35. The van der Waals surface area contributed by atoms with E-state index < -0.39 is 11.7 Å². The van der Waals surface area contributed by atoms with Crippen molar-refractivity contribution >= 4 is 5.69 Å². The second-order valence-corrected chi connectivity index (χ2v) is 5.31. The minimum absolute atomic E-state index is 0.0969. The van der Waals surface area contributed by atoms with Crippen LogP contribution < -0.4 is 4.90 Å². The van der Waals surface area contributed by atoms with Gasteiger partial charge in [-0.15, -0.1) is 0 Å². The summed E-state index contributed by atoms with van der Waals surface area (Å²) >= 11 is 0. The summed E-state index contributed by atoms with van der Waals surface area (Å²) in [5, 5.41) is 17.8. The van der Waals surface area contributed by atoms with Crippen molar-refractivity contribution in [1.29, 1.82) is 5.26 Å². The molecule has 1 unspecified atom stereocenters. The first-order chi connectivity index (χ1) is 9.95. The molecule has 1 aromatic carbocycles. The van der Waals surface area contributed by atoms with E-state index in [1.165, 1.54) is 6.07 Å². The average Bonchev–Trinajstić information content (AvgIpc) is 2.46. The van der Waals surface area contributed by atoms with Gasteiger partial charge in [-0.25, -0.2) is 0 Å². The Labute approximate surface area is 121 Å². The van der Waals surface area contributed by atoms with Crippen LogP contribution in [-0.4, -0.2) is 24.8 Å². The number of piperidine rings is 1. The zero-order chi connectivity index (χ0) is 15.5. The number of aliphatic hydroxyl groups excluding tert-OH is 1. The summed E-state index contributed by atoms with van der Waals surface area (Å²) in [6.45, 7) is 1.44. The summed E-state index contributed by atoms with van der Waals surface area (Å²) in [7, 11) is 0. The molecule has 0 aliphatic carbocycles. The summed E-state index contributed by atoms with van der Waals surface area (Å²) in [4.78, 5) is 1.90. The number of nitrogens with zero attached hydrogens (tertiary/aromatic N) is 2. The molecule has 1 heterocycles. The lowest BCUT2D eigenvalue weighted by molar-refractivity contribution is -0.137. The standard InChI is InChI=1S/C15H17F3N2O/c16-15(17,18)14-8-13(4-3-12(14)9-19)20-6-1-2-11(10-20)5-7-21/h3-4,8,11,21H,1-2,5-7,10H2. The van der Waals surface area contributed by atoms with Gasteiger partial charge in [-0.1, -0.05) is 0 Å². The predicted molar refractivity (Wildman–Crippen MR) is 72.8 cm³/mol. The van der Waals surface area contributed by atoms with E-state index in [4.69, 9.17) is 10.4 Å². The van der Waals surface area contributed by atoms with Crippen molar-refractivity contribution in [3.63, 3.8) is 0 Å². The number of hydrogen-bond donors (Lipinski definition) is 1. The molecule has 0 saturated carbocycles. The maximum atomic E-state index is 13.0. The van der Waals surface area contributed by atoms with Crippen LogP contribution in [0, 0.1) is 17.2 Å². The third kappa shape index (κ3) is 3.67. The quantitative estimate of drug-likeness (QED) is 0.932. The number of nitriles is 1. The SMILES string of the molecule is N#Cc1ccc(N2CCCC(CCO)C2)cc1C(F)(F)F. The Morgan fingerprint density at radius 1 is 1.38 bits per heavy atom. The summed E-state index contributed by atoms with van der Waals surface area (Å²) in [6.07, 6.45) is -1.98. The Morgan fingerprint density at radius 3 is 2.76 bits per heavy atom. The molecule has 1 N–H and O–H groups in total. The van der Waals surface area contributed by atoms with E-state index in [0.29, 0.717) is 31.1 Å². The fraction of sp³-hybridized carbons (Fsp3) is 0.533. The Balaban J connectivity index is 2.26. The number of halogens is 3. The largest absolute Gasteiger partial charge is 0.417 e. The summed E-state index contributed by atoms with van der Waals surface area (Å²) < 4.78 is 38.9. The Kier molecular flexibility index (Phi) is 4.73. The van der Waals surface area contributed by atoms with E-state index in [2.05, 4.69) is 0 Å². The van der Waals surface area contributed by atoms with Crippen LogP contribution in [0.3, 0.4) is 0 Å². The maximum absolute atomic E-state index is 13.0. The molecule has 0 radical (unpaired) electrons. The highest BCUT2D eigenvalue weighted by Gasteiger charge is 2.34. The Bertz CT molecular complexity index is 535. The highest BCUT2D eigenvalue weighted by Crippen LogP contribution is 2.35. The molecule has 1 aromatic rings. The third-order valence-electron chi connectivity index (χ3n) is 3.85. The molecular weight excluding hydrogens is 281 g/mol. The van der Waals surface area contributed by atoms with E-state index in [1.807, 2.05) is 4.90 Å². The minimum atomic E-state index is -4.53. The molecule has 0 bridgehead atoms. The predicted octanol–water partition coefficient (Wildman–Crippen LogP) is 3.18. The molecule has 0 aromatic heterocycles. The van der Waals surface area contributed by atoms with Crippen LogP contribution in [0.2, 0.25) is 0 Å². The van der Waals surface area contributed by atoms with Gasteiger partial charge in [0.25, 0.3) is 0 Å². The topological polar surface area (TPSA) is 47.3 Å². The van der Waals surface area contributed by atoms with Gasteiger partial charge in [0, 0.05) is 25.4 Å². The number of alkyl halides is 3. The summed E-state index contributed by atoms with van der Waals surface area (Å²) in [5.41, 5.74) is -0.745. The number of hydrogen-bond acceptors (Lipinski definition) is 3. The molecule has 0 amide bonds. The van der Waals surface area contributed by atoms with Crippen molar-refractivity contribution in [1.82, 2.24) is 0 Å². The Hall–Kier alpha value is -1.74. The molecule has 1 saturated heterocycles. The first kappa shape index (κ1) is 15.6. The lowest BCUT2D eigenvalue weighted by Crippen LogP contribution is -2.35. The van der Waals surface area contributed by atoms with Crippen LogP contribution in [0.5, 0.6) is 0 Å². The highest BCUT2D eigenvalue weighted by atomic mass is 19.4. The monoisotopic (exact) mass is 298 g/mol. The molecule has 0 spiro atoms.